The highest BCUT2D eigenvalue weighted by atomic mass is 32.2. The summed E-state index contributed by atoms with van der Waals surface area (Å²) in [6.45, 7) is 3.48. The van der Waals surface area contributed by atoms with Crippen molar-refractivity contribution < 1.29 is 17.6 Å². The molecule has 1 aromatic rings. The molecule has 0 bridgehead atoms. The van der Waals surface area contributed by atoms with Crippen LogP contribution in [-0.2, 0) is 14.8 Å². The number of hydrogen-bond acceptors (Lipinski definition) is 4. The van der Waals surface area contributed by atoms with Gasteiger partial charge in [-0.3, -0.25) is 4.79 Å². The van der Waals surface area contributed by atoms with Gasteiger partial charge in [-0.1, -0.05) is 0 Å². The van der Waals surface area contributed by atoms with Gasteiger partial charge >= 0.3 is 0 Å². The molecule has 2 rings (SSSR count). The van der Waals surface area contributed by atoms with Gasteiger partial charge in [-0.25, -0.2) is 12.8 Å². The van der Waals surface area contributed by atoms with Gasteiger partial charge in [0.05, 0.1) is 4.90 Å². The van der Waals surface area contributed by atoms with Crippen LogP contribution >= 0.6 is 0 Å². The number of halogens is 1. The quantitative estimate of drug-likeness (QED) is 0.786. The second-order valence-electron chi connectivity index (χ2n) is 6.25. The molecule has 8 heteroatoms. The van der Waals surface area contributed by atoms with Crippen molar-refractivity contribution in [3.63, 3.8) is 0 Å². The molecular formula is C16H24FN3O3S. The molecule has 0 radical (unpaired) electrons. The highest BCUT2D eigenvalue weighted by Crippen LogP contribution is 2.20. The molecule has 24 heavy (non-hydrogen) atoms. The number of amides is 1. The number of piperazine rings is 1. The number of benzene rings is 1. The number of nitrogens with zero attached hydrogens (tertiary/aromatic N) is 3. The fourth-order valence-electron chi connectivity index (χ4n) is 2.58. The fraction of sp³-hybridized carbons (Fsp3) is 0.562. The van der Waals surface area contributed by atoms with Gasteiger partial charge in [0.2, 0.25) is 15.9 Å². The van der Waals surface area contributed by atoms with Crippen LogP contribution in [0.1, 0.15) is 12.0 Å². The molecule has 134 valence electrons. The van der Waals surface area contributed by atoms with E-state index >= 15 is 0 Å². The summed E-state index contributed by atoms with van der Waals surface area (Å²) in [5.41, 5.74) is 0.300. The van der Waals surface area contributed by atoms with Crippen LogP contribution in [-0.4, -0.2) is 75.2 Å². The molecule has 1 aliphatic heterocycles. The van der Waals surface area contributed by atoms with Crippen molar-refractivity contribution in [3.05, 3.63) is 29.6 Å². The SMILES string of the molecule is Cc1cc(S(=O)(=O)N2CCN(C(=O)CCN(C)C)CC2)ccc1F. The lowest BCUT2D eigenvalue weighted by molar-refractivity contribution is -0.132. The third-order valence-electron chi connectivity index (χ3n) is 4.13. The topological polar surface area (TPSA) is 60.9 Å². The summed E-state index contributed by atoms with van der Waals surface area (Å²) < 4.78 is 40.0. The summed E-state index contributed by atoms with van der Waals surface area (Å²) in [7, 11) is 0.155. The Morgan fingerprint density at radius 2 is 1.83 bits per heavy atom. The fourth-order valence-corrected chi connectivity index (χ4v) is 4.09. The lowest BCUT2D eigenvalue weighted by atomic mass is 10.2. The van der Waals surface area contributed by atoms with E-state index in [-0.39, 0.29) is 23.9 Å². The molecule has 0 N–H and O–H groups in total. The van der Waals surface area contributed by atoms with Crippen LogP contribution in [0, 0.1) is 12.7 Å². The Morgan fingerprint density at radius 3 is 2.38 bits per heavy atom. The summed E-state index contributed by atoms with van der Waals surface area (Å²) >= 11 is 0. The summed E-state index contributed by atoms with van der Waals surface area (Å²) in [4.78, 5) is 15.8. The van der Waals surface area contributed by atoms with Gasteiger partial charge in [0.1, 0.15) is 5.82 Å². The number of carbonyl (C=O) groups is 1. The van der Waals surface area contributed by atoms with Crippen LogP contribution in [0.3, 0.4) is 0 Å². The standard InChI is InChI=1S/C16H24FN3O3S/c1-13-12-14(4-5-15(13)17)24(22,23)20-10-8-19(9-11-20)16(21)6-7-18(2)3/h4-5,12H,6-11H2,1-3H3. The molecule has 0 aliphatic carbocycles. The molecule has 0 saturated carbocycles. The van der Waals surface area contributed by atoms with Gasteiger partial charge in [0.25, 0.3) is 0 Å². The minimum absolute atomic E-state index is 0.0402. The third kappa shape index (κ3) is 4.31. The Hall–Kier alpha value is -1.51. The molecule has 0 unspecified atom stereocenters. The first kappa shape index (κ1) is 18.8. The Bertz CT molecular complexity index is 699. The van der Waals surface area contributed by atoms with E-state index in [0.717, 1.165) is 0 Å². The van der Waals surface area contributed by atoms with Crippen molar-refractivity contribution in [3.8, 4) is 0 Å². The normalized spacial score (nSPS) is 16.6. The zero-order chi connectivity index (χ0) is 17.9. The van der Waals surface area contributed by atoms with E-state index in [0.29, 0.717) is 31.6 Å². The molecular weight excluding hydrogens is 333 g/mol. The van der Waals surface area contributed by atoms with Crippen LogP contribution in [0.2, 0.25) is 0 Å². The summed E-state index contributed by atoms with van der Waals surface area (Å²) in [5.74, 6) is -0.386. The van der Waals surface area contributed by atoms with Crippen LogP contribution in [0.5, 0.6) is 0 Å². The Kier molecular flexibility index (Phi) is 5.95. The average Bonchev–Trinajstić information content (AvgIpc) is 2.55. The first-order valence-corrected chi connectivity index (χ1v) is 9.34. The monoisotopic (exact) mass is 357 g/mol. The van der Waals surface area contributed by atoms with Gasteiger partial charge < -0.3 is 9.80 Å². The largest absolute Gasteiger partial charge is 0.340 e. The maximum Gasteiger partial charge on any atom is 0.243 e. The van der Waals surface area contributed by atoms with E-state index in [4.69, 9.17) is 0 Å². The lowest BCUT2D eigenvalue weighted by Gasteiger charge is -2.34. The zero-order valence-corrected chi connectivity index (χ0v) is 15.1. The zero-order valence-electron chi connectivity index (χ0n) is 14.3. The van der Waals surface area contributed by atoms with Gasteiger partial charge in [0.15, 0.2) is 0 Å². The molecule has 1 amide bonds. The molecule has 1 aliphatic rings. The molecule has 1 heterocycles. The first-order valence-electron chi connectivity index (χ1n) is 7.90. The van der Waals surface area contributed by atoms with E-state index in [2.05, 4.69) is 0 Å². The number of carbonyl (C=O) groups excluding carboxylic acids is 1. The predicted molar refractivity (Wildman–Crippen MR) is 89.6 cm³/mol. The molecule has 1 fully saturated rings. The van der Waals surface area contributed by atoms with Gasteiger partial charge in [0, 0.05) is 39.1 Å². The first-order chi connectivity index (χ1) is 11.2. The maximum absolute atomic E-state index is 13.3. The van der Waals surface area contributed by atoms with Crippen LogP contribution in [0.4, 0.5) is 4.39 Å². The van der Waals surface area contributed by atoms with E-state index in [1.54, 1.807) is 4.90 Å². The molecule has 0 spiro atoms. The molecule has 1 aromatic carbocycles. The maximum atomic E-state index is 13.3. The second-order valence-corrected chi connectivity index (χ2v) is 8.19. The second kappa shape index (κ2) is 7.58. The Balaban J connectivity index is 2.00. The molecule has 1 saturated heterocycles. The van der Waals surface area contributed by atoms with Gasteiger partial charge in [-0.05, 0) is 44.8 Å². The van der Waals surface area contributed by atoms with Gasteiger partial charge in [-0.2, -0.15) is 4.31 Å². The number of aryl methyl sites for hydroxylation is 1. The van der Waals surface area contributed by atoms with E-state index in [1.165, 1.54) is 29.4 Å². The lowest BCUT2D eigenvalue weighted by Crippen LogP contribution is -2.50. The molecule has 6 nitrogen and oxygen atoms in total. The van der Waals surface area contributed by atoms with E-state index in [9.17, 15) is 17.6 Å². The minimum Gasteiger partial charge on any atom is -0.340 e. The Labute approximate surface area is 142 Å². The van der Waals surface area contributed by atoms with Crippen molar-refractivity contribution in [2.45, 2.75) is 18.2 Å². The highest BCUT2D eigenvalue weighted by Gasteiger charge is 2.30. The van der Waals surface area contributed by atoms with E-state index in [1.807, 2.05) is 19.0 Å². The average molecular weight is 357 g/mol. The Morgan fingerprint density at radius 1 is 1.21 bits per heavy atom. The summed E-state index contributed by atoms with van der Waals surface area (Å²) in [6, 6.07) is 3.80. The smallest absolute Gasteiger partial charge is 0.243 e. The van der Waals surface area contributed by atoms with Crippen molar-refractivity contribution in [1.82, 2.24) is 14.1 Å². The number of sulfonamides is 1. The van der Waals surface area contributed by atoms with Crippen molar-refractivity contribution >= 4 is 15.9 Å². The van der Waals surface area contributed by atoms with Crippen molar-refractivity contribution in [2.24, 2.45) is 0 Å². The predicted octanol–water partition coefficient (Wildman–Crippen LogP) is 0.919. The highest BCUT2D eigenvalue weighted by molar-refractivity contribution is 7.89. The van der Waals surface area contributed by atoms with Gasteiger partial charge in [-0.15, -0.1) is 0 Å². The van der Waals surface area contributed by atoms with Crippen LogP contribution < -0.4 is 0 Å². The summed E-state index contributed by atoms with van der Waals surface area (Å²) in [5, 5.41) is 0. The molecule has 0 atom stereocenters. The van der Waals surface area contributed by atoms with Crippen molar-refractivity contribution in [1.29, 1.82) is 0 Å². The van der Waals surface area contributed by atoms with E-state index < -0.39 is 15.8 Å². The van der Waals surface area contributed by atoms with Crippen LogP contribution in [0.25, 0.3) is 0 Å². The number of hydrogen-bond donors (Lipinski definition) is 0. The van der Waals surface area contributed by atoms with Crippen molar-refractivity contribution in [2.75, 3.05) is 46.8 Å². The molecule has 0 aromatic heterocycles. The van der Waals surface area contributed by atoms with Crippen LogP contribution in [0.15, 0.2) is 23.1 Å². The number of rotatable bonds is 5. The summed E-state index contributed by atoms with van der Waals surface area (Å²) in [6.07, 6.45) is 0.427. The third-order valence-corrected chi connectivity index (χ3v) is 6.03. The minimum atomic E-state index is -3.66.